The topological polar surface area (TPSA) is 82.5 Å². The van der Waals surface area contributed by atoms with E-state index in [0.717, 1.165) is 49.7 Å². The minimum Gasteiger partial charge on any atom is -0.465 e. The lowest BCUT2D eigenvalue weighted by molar-refractivity contribution is 0.0525. The highest BCUT2D eigenvalue weighted by Crippen LogP contribution is 2.23. The minimum absolute atomic E-state index is 0.0730. The van der Waals surface area contributed by atoms with Crippen molar-refractivity contribution in [2.45, 2.75) is 78.4 Å². The second-order valence-electron chi connectivity index (χ2n) is 8.70. The summed E-state index contributed by atoms with van der Waals surface area (Å²) in [5.74, 6) is -1.28. The van der Waals surface area contributed by atoms with Crippen LogP contribution in [0.3, 0.4) is 0 Å². The van der Waals surface area contributed by atoms with Gasteiger partial charge in [-0.15, -0.1) is 0 Å². The molecular weight excluding hydrogens is 401 g/mol. The van der Waals surface area contributed by atoms with Gasteiger partial charge in [-0.1, -0.05) is 25.7 Å². The van der Waals surface area contributed by atoms with Crippen molar-refractivity contribution in [1.29, 1.82) is 0 Å². The molecule has 0 bridgehead atoms. The van der Waals surface area contributed by atoms with Gasteiger partial charge in [-0.2, -0.15) is 5.10 Å². The lowest BCUT2D eigenvalue weighted by Crippen LogP contribution is -2.32. The predicted octanol–water partition coefficient (Wildman–Crippen LogP) is 5.14. The lowest BCUT2D eigenvalue weighted by Gasteiger charge is -2.19. The number of nitrogens with one attached hydrogen (secondary N) is 1. The number of carbonyl (C=O) groups excluding carboxylic acids is 2. The number of amides is 1. The average molecular weight is 436 g/mol. The molecule has 0 spiro atoms. The standard InChI is InChI=1S/C23H34FN3O4/c1-16-17-14-19(24)18(21(28)30-5)15-20(17)27(26-16)13-11-9-7-6-8-10-12-25-22(29)31-23(2,3)4/h14-15H,6-13H2,1-5H3,(H,25,29). The number of aryl methyl sites for hydroxylation is 2. The van der Waals surface area contributed by atoms with Crippen LogP contribution in [0.2, 0.25) is 0 Å². The van der Waals surface area contributed by atoms with Gasteiger partial charge in [0.15, 0.2) is 0 Å². The fraction of sp³-hybridized carbons (Fsp3) is 0.609. The van der Waals surface area contributed by atoms with E-state index in [1.54, 1.807) is 0 Å². The molecule has 0 saturated carbocycles. The molecule has 0 aliphatic carbocycles. The summed E-state index contributed by atoms with van der Waals surface area (Å²) in [6, 6.07) is 2.87. The molecular formula is C23H34FN3O4. The van der Waals surface area contributed by atoms with E-state index in [1.807, 2.05) is 32.4 Å². The third kappa shape index (κ3) is 7.52. The zero-order valence-corrected chi connectivity index (χ0v) is 19.2. The highest BCUT2D eigenvalue weighted by molar-refractivity contribution is 5.95. The zero-order chi connectivity index (χ0) is 23.0. The molecule has 31 heavy (non-hydrogen) atoms. The summed E-state index contributed by atoms with van der Waals surface area (Å²) < 4.78 is 25.9. The quantitative estimate of drug-likeness (QED) is 0.413. The summed E-state index contributed by atoms with van der Waals surface area (Å²) in [7, 11) is 1.24. The van der Waals surface area contributed by atoms with Gasteiger partial charge in [-0.3, -0.25) is 4.68 Å². The maximum absolute atomic E-state index is 14.2. The highest BCUT2D eigenvalue weighted by atomic mass is 19.1. The number of hydrogen-bond acceptors (Lipinski definition) is 5. The summed E-state index contributed by atoms with van der Waals surface area (Å²) in [5, 5.41) is 7.98. The van der Waals surface area contributed by atoms with Crippen molar-refractivity contribution >= 4 is 23.0 Å². The highest BCUT2D eigenvalue weighted by Gasteiger charge is 2.17. The molecule has 0 aliphatic rings. The van der Waals surface area contributed by atoms with Crippen molar-refractivity contribution in [3.8, 4) is 0 Å². The Morgan fingerprint density at radius 1 is 1.10 bits per heavy atom. The normalized spacial score (nSPS) is 11.5. The number of fused-ring (bicyclic) bond motifs is 1. The average Bonchev–Trinajstić information content (AvgIpc) is 2.98. The Morgan fingerprint density at radius 2 is 1.74 bits per heavy atom. The van der Waals surface area contributed by atoms with Crippen LogP contribution in [0.5, 0.6) is 0 Å². The molecule has 1 aromatic heterocycles. The molecule has 2 rings (SSSR count). The molecule has 1 aromatic carbocycles. The molecule has 172 valence electrons. The van der Waals surface area contributed by atoms with Gasteiger partial charge in [0.05, 0.1) is 23.9 Å². The maximum Gasteiger partial charge on any atom is 0.407 e. The molecule has 1 heterocycles. The van der Waals surface area contributed by atoms with Gasteiger partial charge in [0.1, 0.15) is 11.4 Å². The van der Waals surface area contributed by atoms with Crippen LogP contribution in [-0.2, 0) is 16.0 Å². The van der Waals surface area contributed by atoms with E-state index >= 15 is 0 Å². The summed E-state index contributed by atoms with van der Waals surface area (Å²) >= 11 is 0. The summed E-state index contributed by atoms with van der Waals surface area (Å²) in [4.78, 5) is 23.3. The summed E-state index contributed by atoms with van der Waals surface area (Å²) in [6.45, 7) is 8.69. The maximum atomic E-state index is 14.2. The largest absolute Gasteiger partial charge is 0.465 e. The third-order valence-corrected chi connectivity index (χ3v) is 4.89. The van der Waals surface area contributed by atoms with Crippen molar-refractivity contribution in [1.82, 2.24) is 15.1 Å². The number of aromatic nitrogens is 2. The molecule has 7 nitrogen and oxygen atoms in total. The van der Waals surface area contributed by atoms with Crippen LogP contribution in [0, 0.1) is 12.7 Å². The first-order chi connectivity index (χ1) is 14.6. The lowest BCUT2D eigenvalue weighted by atomic mass is 10.1. The van der Waals surface area contributed by atoms with Crippen LogP contribution in [0.25, 0.3) is 10.9 Å². The van der Waals surface area contributed by atoms with E-state index < -0.39 is 17.4 Å². The molecule has 0 fully saturated rings. The second kappa shape index (κ2) is 11.1. The van der Waals surface area contributed by atoms with Gasteiger partial charge in [-0.05, 0) is 52.7 Å². The molecule has 8 heteroatoms. The fourth-order valence-corrected chi connectivity index (χ4v) is 3.39. The molecule has 1 N–H and O–H groups in total. The minimum atomic E-state index is -0.689. The number of unbranched alkanes of at least 4 members (excludes halogenated alkanes) is 5. The number of hydrogen-bond donors (Lipinski definition) is 1. The van der Waals surface area contributed by atoms with Crippen LogP contribution in [-0.4, -0.2) is 41.1 Å². The van der Waals surface area contributed by atoms with Crippen molar-refractivity contribution in [2.75, 3.05) is 13.7 Å². The number of nitrogens with zero attached hydrogens (tertiary/aromatic N) is 2. The van der Waals surface area contributed by atoms with Crippen molar-refractivity contribution in [3.05, 3.63) is 29.2 Å². The van der Waals surface area contributed by atoms with Crippen LogP contribution >= 0.6 is 0 Å². The Kier molecular flexibility index (Phi) is 8.83. The smallest absolute Gasteiger partial charge is 0.407 e. The van der Waals surface area contributed by atoms with Gasteiger partial charge < -0.3 is 14.8 Å². The Bertz CT molecular complexity index is 902. The molecule has 0 atom stereocenters. The first-order valence-electron chi connectivity index (χ1n) is 10.8. The number of rotatable bonds is 10. The van der Waals surface area contributed by atoms with Crippen LogP contribution in [0.15, 0.2) is 12.1 Å². The molecule has 2 aromatic rings. The molecule has 0 unspecified atom stereocenters. The Morgan fingerprint density at radius 3 is 2.39 bits per heavy atom. The number of carbonyl (C=O) groups is 2. The number of esters is 1. The van der Waals surface area contributed by atoms with E-state index in [9.17, 15) is 14.0 Å². The number of halogens is 1. The van der Waals surface area contributed by atoms with Crippen LogP contribution in [0.4, 0.5) is 9.18 Å². The molecule has 0 radical (unpaired) electrons. The zero-order valence-electron chi connectivity index (χ0n) is 19.2. The monoisotopic (exact) mass is 435 g/mol. The first-order valence-corrected chi connectivity index (χ1v) is 10.8. The van der Waals surface area contributed by atoms with Crippen molar-refractivity contribution < 1.29 is 23.5 Å². The van der Waals surface area contributed by atoms with Crippen LogP contribution in [0.1, 0.15) is 75.3 Å². The summed E-state index contributed by atoms with van der Waals surface area (Å²) in [6.07, 6.45) is 5.76. The van der Waals surface area contributed by atoms with Crippen molar-refractivity contribution in [2.24, 2.45) is 0 Å². The first kappa shape index (κ1) is 24.6. The summed E-state index contributed by atoms with van der Waals surface area (Å²) in [5.41, 5.74) is 0.934. The third-order valence-electron chi connectivity index (χ3n) is 4.89. The predicted molar refractivity (Wildman–Crippen MR) is 118 cm³/mol. The van der Waals surface area contributed by atoms with Crippen molar-refractivity contribution in [3.63, 3.8) is 0 Å². The van der Waals surface area contributed by atoms with E-state index in [0.29, 0.717) is 18.5 Å². The number of methoxy groups -OCH3 is 1. The fourth-order valence-electron chi connectivity index (χ4n) is 3.39. The van der Waals surface area contributed by atoms with Gasteiger partial charge >= 0.3 is 12.1 Å². The van der Waals surface area contributed by atoms with E-state index in [1.165, 1.54) is 19.2 Å². The Balaban J connectivity index is 1.72. The van der Waals surface area contributed by atoms with Gasteiger partial charge in [-0.25, -0.2) is 14.0 Å². The molecule has 0 aliphatic heterocycles. The Labute approximate surface area is 183 Å². The SMILES string of the molecule is COC(=O)c1cc2c(cc1F)c(C)nn2CCCCCCCCNC(=O)OC(C)(C)C. The Hall–Kier alpha value is -2.64. The van der Waals surface area contributed by atoms with E-state index in [4.69, 9.17) is 4.74 Å². The second-order valence-corrected chi connectivity index (χ2v) is 8.70. The molecule has 1 amide bonds. The van der Waals surface area contributed by atoms with E-state index in [2.05, 4.69) is 15.2 Å². The number of ether oxygens (including phenoxy) is 2. The van der Waals surface area contributed by atoms with Gasteiger partial charge in [0.25, 0.3) is 0 Å². The molecule has 0 saturated heterocycles. The van der Waals surface area contributed by atoms with E-state index in [-0.39, 0.29) is 11.7 Å². The van der Waals surface area contributed by atoms with Gasteiger partial charge in [0.2, 0.25) is 0 Å². The van der Waals surface area contributed by atoms with Gasteiger partial charge in [0, 0.05) is 18.5 Å². The number of alkyl carbamates (subject to hydrolysis) is 1. The van der Waals surface area contributed by atoms with Crippen LogP contribution < -0.4 is 5.32 Å². The number of benzene rings is 1.